The lowest BCUT2D eigenvalue weighted by molar-refractivity contribution is 0.739. The third kappa shape index (κ3) is 10.7. The second kappa shape index (κ2) is 6.25. The van der Waals surface area contributed by atoms with E-state index in [4.69, 9.17) is 40.1 Å². The minimum atomic E-state index is -1.13. The largest absolute Gasteiger partial charge is 0.190 e. The molecule has 5 heteroatoms. The quantitative estimate of drug-likeness (QED) is 0.419. The first-order valence-electron chi connectivity index (χ1n) is 3.14. The van der Waals surface area contributed by atoms with E-state index in [-0.39, 0.29) is 0 Å². The Morgan fingerprint density at radius 2 is 1.91 bits per heavy atom. The summed E-state index contributed by atoms with van der Waals surface area (Å²) in [5, 5.41) is 10.1. The van der Waals surface area contributed by atoms with Gasteiger partial charge in [-0.3, -0.25) is 0 Å². The summed E-state index contributed by atoms with van der Waals surface area (Å²) in [6.45, 7) is 0. The molecule has 0 rings (SSSR count). The molecule has 0 amide bonds. The van der Waals surface area contributed by atoms with Crippen LogP contribution >= 0.6 is 46.6 Å². The first-order chi connectivity index (χ1) is 5.06. The van der Waals surface area contributed by atoms with E-state index in [1.54, 1.807) is 0 Å². The topological polar surface area (TPSA) is 23.8 Å². The van der Waals surface area contributed by atoms with Crippen molar-refractivity contribution in [2.24, 2.45) is 0 Å². The van der Waals surface area contributed by atoms with Crippen LogP contribution in [0.4, 0.5) is 0 Å². The van der Waals surface area contributed by atoms with E-state index >= 15 is 0 Å². The zero-order valence-electron chi connectivity index (χ0n) is 5.82. The summed E-state index contributed by atoms with van der Waals surface area (Å²) < 4.78 is -1.13. The molecule has 0 aliphatic heterocycles. The van der Waals surface area contributed by atoms with E-state index in [0.29, 0.717) is 6.42 Å². The van der Waals surface area contributed by atoms with Gasteiger partial charge >= 0.3 is 0 Å². The first kappa shape index (κ1) is 11.7. The van der Waals surface area contributed by atoms with Gasteiger partial charge in [-0.1, -0.05) is 34.8 Å². The fraction of sp³-hybridized carbons (Fsp3) is 0.833. The highest BCUT2D eigenvalue weighted by molar-refractivity contribution is 8.03. The number of halogens is 3. The summed E-state index contributed by atoms with van der Waals surface area (Å²) in [6, 6.07) is 0. The molecule has 0 atom stereocenters. The van der Waals surface area contributed by atoms with Crippen LogP contribution in [0.25, 0.3) is 0 Å². The van der Waals surface area contributed by atoms with Crippen molar-refractivity contribution in [2.75, 3.05) is 5.75 Å². The molecule has 0 heterocycles. The predicted molar refractivity (Wildman–Crippen MR) is 52.2 cm³/mol. The highest BCUT2D eigenvalue weighted by Gasteiger charge is 2.17. The van der Waals surface area contributed by atoms with Crippen molar-refractivity contribution in [1.29, 1.82) is 5.26 Å². The highest BCUT2D eigenvalue weighted by atomic mass is 35.6. The SMILES string of the molecule is N#CSCCCCC(Cl)(Cl)Cl. The maximum absolute atomic E-state index is 8.16. The summed E-state index contributed by atoms with van der Waals surface area (Å²) >= 11 is 17.8. The Hall–Kier alpha value is 0.710. The Morgan fingerprint density at radius 1 is 1.27 bits per heavy atom. The Kier molecular flexibility index (Phi) is 6.65. The van der Waals surface area contributed by atoms with E-state index < -0.39 is 3.79 Å². The molecule has 0 saturated heterocycles. The Labute approximate surface area is 86.0 Å². The van der Waals surface area contributed by atoms with Crippen molar-refractivity contribution in [3.05, 3.63) is 0 Å². The smallest absolute Gasteiger partial charge is 0.185 e. The van der Waals surface area contributed by atoms with Gasteiger partial charge in [0.15, 0.2) is 3.79 Å². The van der Waals surface area contributed by atoms with Crippen LogP contribution in [0.2, 0.25) is 0 Å². The Morgan fingerprint density at radius 3 is 2.36 bits per heavy atom. The lowest BCUT2D eigenvalue weighted by atomic mass is 10.3. The number of hydrogen-bond donors (Lipinski definition) is 0. The lowest BCUT2D eigenvalue weighted by Gasteiger charge is -2.08. The van der Waals surface area contributed by atoms with Gasteiger partial charge in [0.2, 0.25) is 0 Å². The summed E-state index contributed by atoms with van der Waals surface area (Å²) in [5.74, 6) is 0.817. The van der Waals surface area contributed by atoms with Crippen molar-refractivity contribution >= 4 is 46.6 Å². The van der Waals surface area contributed by atoms with Gasteiger partial charge in [-0.05, 0) is 31.0 Å². The second-order valence-electron chi connectivity index (χ2n) is 2.01. The molecule has 0 radical (unpaired) electrons. The zero-order valence-corrected chi connectivity index (χ0v) is 8.90. The van der Waals surface area contributed by atoms with Crippen LogP contribution in [-0.2, 0) is 0 Å². The zero-order chi connectivity index (χ0) is 8.74. The van der Waals surface area contributed by atoms with E-state index in [9.17, 15) is 0 Å². The number of thioether (sulfide) groups is 1. The van der Waals surface area contributed by atoms with Crippen LogP contribution in [0.3, 0.4) is 0 Å². The van der Waals surface area contributed by atoms with E-state index in [0.717, 1.165) is 18.6 Å². The number of hydrogen-bond acceptors (Lipinski definition) is 2. The summed E-state index contributed by atoms with van der Waals surface area (Å²) in [7, 11) is 0. The van der Waals surface area contributed by atoms with E-state index in [1.165, 1.54) is 11.8 Å². The van der Waals surface area contributed by atoms with Crippen molar-refractivity contribution in [2.45, 2.75) is 23.1 Å². The van der Waals surface area contributed by atoms with Gasteiger partial charge in [0.25, 0.3) is 0 Å². The molecule has 0 aromatic rings. The van der Waals surface area contributed by atoms with Crippen LogP contribution in [0, 0.1) is 10.7 Å². The van der Waals surface area contributed by atoms with Gasteiger partial charge in [-0.25, -0.2) is 0 Å². The van der Waals surface area contributed by atoms with Crippen molar-refractivity contribution in [3.63, 3.8) is 0 Å². The maximum Gasteiger partial charge on any atom is 0.190 e. The average molecular weight is 233 g/mol. The molecule has 0 N–H and O–H groups in total. The summed E-state index contributed by atoms with van der Waals surface area (Å²) in [6.07, 6.45) is 2.33. The van der Waals surface area contributed by atoms with E-state index in [1.807, 2.05) is 5.40 Å². The maximum atomic E-state index is 8.16. The molecule has 0 saturated carbocycles. The van der Waals surface area contributed by atoms with Gasteiger partial charge in [0, 0.05) is 5.75 Å². The van der Waals surface area contributed by atoms with Gasteiger partial charge < -0.3 is 0 Å². The molecule has 1 nitrogen and oxygen atoms in total. The third-order valence-corrected chi connectivity index (χ3v) is 2.21. The van der Waals surface area contributed by atoms with E-state index in [2.05, 4.69) is 0 Å². The van der Waals surface area contributed by atoms with Crippen LogP contribution in [-0.4, -0.2) is 9.55 Å². The Balaban J connectivity index is 3.10. The van der Waals surface area contributed by atoms with Crippen molar-refractivity contribution < 1.29 is 0 Å². The fourth-order valence-electron chi connectivity index (χ4n) is 0.545. The molecule has 0 unspecified atom stereocenters. The molecule has 11 heavy (non-hydrogen) atoms. The number of alkyl halides is 3. The molecular weight excluding hydrogens is 224 g/mol. The standard InChI is InChI=1S/C6H8Cl3NS/c7-6(8,9)3-1-2-4-11-5-10/h1-4H2. The molecule has 0 aliphatic rings. The van der Waals surface area contributed by atoms with Crippen molar-refractivity contribution in [1.82, 2.24) is 0 Å². The fourth-order valence-corrected chi connectivity index (χ4v) is 1.39. The molecule has 0 aliphatic carbocycles. The molecular formula is C6H8Cl3NS. The van der Waals surface area contributed by atoms with Crippen LogP contribution in [0.5, 0.6) is 0 Å². The number of nitriles is 1. The second-order valence-corrected chi connectivity index (χ2v) is 5.41. The van der Waals surface area contributed by atoms with Crippen LogP contribution in [0.1, 0.15) is 19.3 Å². The minimum Gasteiger partial charge on any atom is -0.185 e. The van der Waals surface area contributed by atoms with Gasteiger partial charge in [-0.15, -0.1) is 0 Å². The van der Waals surface area contributed by atoms with Crippen LogP contribution < -0.4 is 0 Å². The van der Waals surface area contributed by atoms with Gasteiger partial charge in [-0.2, -0.15) is 5.26 Å². The van der Waals surface area contributed by atoms with Gasteiger partial charge in [0.05, 0.1) is 0 Å². The molecule has 0 fully saturated rings. The number of thiocyanates is 1. The van der Waals surface area contributed by atoms with Gasteiger partial charge in [0.1, 0.15) is 5.40 Å². The molecule has 0 aromatic heterocycles. The molecule has 0 aromatic carbocycles. The van der Waals surface area contributed by atoms with Crippen molar-refractivity contribution in [3.8, 4) is 5.40 Å². The monoisotopic (exact) mass is 231 g/mol. The average Bonchev–Trinajstić information content (AvgIpc) is 1.85. The highest BCUT2D eigenvalue weighted by Crippen LogP contribution is 2.31. The minimum absolute atomic E-state index is 0.559. The number of unbranched alkanes of at least 4 members (excludes halogenated alkanes) is 1. The predicted octanol–water partition coefficient (Wildman–Crippen LogP) is 3.74. The number of nitrogens with zero attached hydrogens (tertiary/aromatic N) is 1. The number of rotatable bonds is 4. The first-order valence-corrected chi connectivity index (χ1v) is 5.26. The summed E-state index contributed by atoms with van der Waals surface area (Å²) in [4.78, 5) is 0. The molecule has 64 valence electrons. The Bertz CT molecular complexity index is 138. The molecule has 0 spiro atoms. The lowest BCUT2D eigenvalue weighted by Crippen LogP contribution is -2.00. The summed E-state index contributed by atoms with van der Waals surface area (Å²) in [5.41, 5.74) is 0. The molecule has 0 bridgehead atoms. The normalized spacial score (nSPS) is 11.1. The van der Waals surface area contributed by atoms with Crippen LogP contribution in [0.15, 0.2) is 0 Å². The third-order valence-electron chi connectivity index (χ3n) is 1.02.